The zero-order valence-corrected chi connectivity index (χ0v) is 9.43. The monoisotopic (exact) mass is 171 g/mol. The summed E-state index contributed by atoms with van der Waals surface area (Å²) in [4.78, 5) is 2.45. The number of hydrogen-bond donors (Lipinski definition) is 0. The predicted octanol–water partition coefficient (Wildman–Crippen LogP) is 3.15. The van der Waals surface area contributed by atoms with Crippen LogP contribution in [0.25, 0.3) is 0 Å². The first-order valence-electron chi connectivity index (χ1n) is 5.32. The molecule has 0 bridgehead atoms. The van der Waals surface area contributed by atoms with Crippen LogP contribution in [0.3, 0.4) is 0 Å². The van der Waals surface area contributed by atoms with E-state index in [4.69, 9.17) is 0 Å². The third-order valence-corrected chi connectivity index (χ3v) is 2.70. The summed E-state index contributed by atoms with van der Waals surface area (Å²) in [7, 11) is 2.23. The lowest BCUT2D eigenvalue weighted by molar-refractivity contribution is 0.219. The topological polar surface area (TPSA) is 3.24 Å². The SMILES string of the molecule is CCCC(CC)CN(C)C(C)C. The van der Waals surface area contributed by atoms with Crippen LogP contribution < -0.4 is 0 Å². The van der Waals surface area contributed by atoms with Crippen molar-refractivity contribution >= 4 is 0 Å². The summed E-state index contributed by atoms with van der Waals surface area (Å²) in [6.07, 6.45) is 4.03. The minimum atomic E-state index is 0.691. The van der Waals surface area contributed by atoms with Crippen molar-refractivity contribution in [3.05, 3.63) is 0 Å². The predicted molar refractivity (Wildman–Crippen MR) is 56.5 cm³/mol. The molecule has 0 fully saturated rings. The molecule has 0 heterocycles. The van der Waals surface area contributed by atoms with Gasteiger partial charge in [0, 0.05) is 12.6 Å². The van der Waals surface area contributed by atoms with Crippen LogP contribution in [-0.2, 0) is 0 Å². The first-order valence-corrected chi connectivity index (χ1v) is 5.32. The van der Waals surface area contributed by atoms with E-state index in [1.165, 1.54) is 25.8 Å². The van der Waals surface area contributed by atoms with Crippen molar-refractivity contribution < 1.29 is 0 Å². The van der Waals surface area contributed by atoms with Gasteiger partial charge in [-0.2, -0.15) is 0 Å². The van der Waals surface area contributed by atoms with Crippen LogP contribution in [0.15, 0.2) is 0 Å². The van der Waals surface area contributed by atoms with Crippen molar-refractivity contribution in [3.63, 3.8) is 0 Å². The van der Waals surface area contributed by atoms with E-state index in [0.29, 0.717) is 6.04 Å². The molecule has 0 aromatic carbocycles. The van der Waals surface area contributed by atoms with Gasteiger partial charge in [-0.3, -0.25) is 0 Å². The third-order valence-electron chi connectivity index (χ3n) is 2.70. The van der Waals surface area contributed by atoms with E-state index in [9.17, 15) is 0 Å². The molecule has 1 nitrogen and oxygen atoms in total. The maximum absolute atomic E-state index is 2.45. The van der Waals surface area contributed by atoms with Gasteiger partial charge in [-0.25, -0.2) is 0 Å². The van der Waals surface area contributed by atoms with Gasteiger partial charge >= 0.3 is 0 Å². The van der Waals surface area contributed by atoms with Crippen molar-refractivity contribution in [2.75, 3.05) is 13.6 Å². The molecule has 12 heavy (non-hydrogen) atoms. The molecule has 1 unspecified atom stereocenters. The van der Waals surface area contributed by atoms with Gasteiger partial charge in [0.25, 0.3) is 0 Å². The first kappa shape index (κ1) is 12.0. The molecule has 0 N–H and O–H groups in total. The zero-order chi connectivity index (χ0) is 9.56. The standard InChI is InChI=1S/C11H25N/c1-6-8-11(7-2)9-12(5)10(3)4/h10-11H,6-9H2,1-5H3. The average Bonchev–Trinajstić information content (AvgIpc) is 2.03. The molecule has 0 aliphatic carbocycles. The van der Waals surface area contributed by atoms with E-state index in [1.807, 2.05) is 0 Å². The molecule has 0 saturated heterocycles. The van der Waals surface area contributed by atoms with Crippen LogP contribution in [0.5, 0.6) is 0 Å². The second-order valence-electron chi connectivity index (χ2n) is 4.10. The summed E-state index contributed by atoms with van der Waals surface area (Å²) < 4.78 is 0. The Labute approximate surface area is 78.1 Å². The maximum atomic E-state index is 2.45. The Bertz CT molecular complexity index is 99.2. The molecule has 1 atom stereocenters. The Morgan fingerprint density at radius 1 is 1.17 bits per heavy atom. The molecule has 1 heteroatoms. The highest BCUT2D eigenvalue weighted by molar-refractivity contribution is 4.64. The van der Waals surface area contributed by atoms with Crippen molar-refractivity contribution in [1.29, 1.82) is 0 Å². The van der Waals surface area contributed by atoms with Gasteiger partial charge in [0.05, 0.1) is 0 Å². The fourth-order valence-electron chi connectivity index (χ4n) is 1.45. The van der Waals surface area contributed by atoms with Gasteiger partial charge in [-0.1, -0.05) is 26.7 Å². The molecule has 0 saturated carbocycles. The van der Waals surface area contributed by atoms with Crippen LogP contribution >= 0.6 is 0 Å². The number of nitrogens with zero attached hydrogens (tertiary/aromatic N) is 1. The number of hydrogen-bond acceptors (Lipinski definition) is 1. The van der Waals surface area contributed by atoms with E-state index in [0.717, 1.165) is 5.92 Å². The van der Waals surface area contributed by atoms with E-state index in [-0.39, 0.29) is 0 Å². The second kappa shape index (κ2) is 6.47. The van der Waals surface area contributed by atoms with Crippen molar-refractivity contribution in [1.82, 2.24) is 4.90 Å². The summed E-state index contributed by atoms with van der Waals surface area (Å²) in [5, 5.41) is 0. The van der Waals surface area contributed by atoms with Gasteiger partial charge in [-0.15, -0.1) is 0 Å². The lowest BCUT2D eigenvalue weighted by Gasteiger charge is -2.26. The molecule has 0 aliphatic rings. The molecule has 0 rings (SSSR count). The fourth-order valence-corrected chi connectivity index (χ4v) is 1.45. The van der Waals surface area contributed by atoms with Gasteiger partial charge in [0.15, 0.2) is 0 Å². The molecule has 74 valence electrons. The van der Waals surface area contributed by atoms with Gasteiger partial charge in [0.2, 0.25) is 0 Å². The summed E-state index contributed by atoms with van der Waals surface area (Å²) in [5.74, 6) is 0.905. The smallest absolute Gasteiger partial charge is 0.00356 e. The van der Waals surface area contributed by atoms with E-state index in [2.05, 4.69) is 39.6 Å². The Morgan fingerprint density at radius 2 is 1.75 bits per heavy atom. The summed E-state index contributed by atoms with van der Waals surface area (Å²) in [5.41, 5.74) is 0. The first-order chi connectivity index (χ1) is 5.61. The molecule has 0 spiro atoms. The lowest BCUT2D eigenvalue weighted by Crippen LogP contribution is -2.31. The normalized spacial score (nSPS) is 14.2. The van der Waals surface area contributed by atoms with Crippen LogP contribution in [0.4, 0.5) is 0 Å². The van der Waals surface area contributed by atoms with Gasteiger partial charge in [-0.05, 0) is 33.2 Å². The molecule has 0 aliphatic heterocycles. The van der Waals surface area contributed by atoms with Crippen molar-refractivity contribution in [2.24, 2.45) is 5.92 Å². The fraction of sp³-hybridized carbons (Fsp3) is 1.00. The second-order valence-corrected chi connectivity index (χ2v) is 4.10. The zero-order valence-electron chi connectivity index (χ0n) is 9.43. The highest BCUT2D eigenvalue weighted by atomic mass is 15.1. The summed E-state index contributed by atoms with van der Waals surface area (Å²) in [6.45, 7) is 10.4. The summed E-state index contributed by atoms with van der Waals surface area (Å²) in [6, 6.07) is 0.691. The molecule has 0 radical (unpaired) electrons. The van der Waals surface area contributed by atoms with Crippen LogP contribution in [-0.4, -0.2) is 24.5 Å². The van der Waals surface area contributed by atoms with Crippen molar-refractivity contribution in [3.8, 4) is 0 Å². The van der Waals surface area contributed by atoms with Gasteiger partial charge < -0.3 is 4.90 Å². The Morgan fingerprint density at radius 3 is 2.08 bits per heavy atom. The number of rotatable bonds is 6. The third kappa shape index (κ3) is 4.76. The molecular weight excluding hydrogens is 146 g/mol. The Hall–Kier alpha value is -0.0400. The Kier molecular flexibility index (Phi) is 6.45. The van der Waals surface area contributed by atoms with Crippen LogP contribution in [0.2, 0.25) is 0 Å². The molecule has 0 aromatic heterocycles. The van der Waals surface area contributed by atoms with Crippen LogP contribution in [0.1, 0.15) is 47.0 Å². The quantitative estimate of drug-likeness (QED) is 0.593. The maximum Gasteiger partial charge on any atom is 0.00356 e. The Balaban J connectivity index is 3.68. The molecule has 0 aromatic rings. The minimum Gasteiger partial charge on any atom is -0.304 e. The van der Waals surface area contributed by atoms with Crippen molar-refractivity contribution in [2.45, 2.75) is 53.0 Å². The lowest BCUT2D eigenvalue weighted by atomic mass is 10.00. The van der Waals surface area contributed by atoms with E-state index >= 15 is 0 Å². The summed E-state index contributed by atoms with van der Waals surface area (Å²) >= 11 is 0. The highest BCUT2D eigenvalue weighted by Gasteiger charge is 2.10. The largest absolute Gasteiger partial charge is 0.304 e. The average molecular weight is 171 g/mol. The van der Waals surface area contributed by atoms with Crippen LogP contribution in [0, 0.1) is 5.92 Å². The molecular formula is C11H25N. The van der Waals surface area contributed by atoms with Gasteiger partial charge in [0.1, 0.15) is 0 Å². The highest BCUT2D eigenvalue weighted by Crippen LogP contribution is 2.12. The molecule has 0 amide bonds. The van der Waals surface area contributed by atoms with E-state index in [1.54, 1.807) is 0 Å². The van der Waals surface area contributed by atoms with E-state index < -0.39 is 0 Å². The minimum absolute atomic E-state index is 0.691.